The van der Waals surface area contributed by atoms with Gasteiger partial charge in [-0.2, -0.15) is 0 Å². The largest absolute Gasteiger partial charge is 0.384 e. The molecule has 140 valence electrons. The Morgan fingerprint density at radius 3 is 2.27 bits per heavy atom. The molecule has 2 rings (SSSR count). The molecular weight excluding hydrogens is 352 g/mol. The molecule has 1 amide bonds. The molecule has 0 aliphatic rings. The van der Waals surface area contributed by atoms with Crippen molar-refractivity contribution in [1.29, 1.82) is 0 Å². The molecular formula is C18H24N4O3S. The number of carbonyl (C=O) groups is 1. The number of pyridine rings is 1. The molecule has 8 heteroatoms. The molecule has 0 aliphatic carbocycles. The van der Waals surface area contributed by atoms with Gasteiger partial charge < -0.3 is 10.6 Å². The van der Waals surface area contributed by atoms with Crippen molar-refractivity contribution in [2.75, 3.05) is 21.9 Å². The SMILES string of the molecule is CC(=O)Nc1ccc(S(=O)(=O)Nc2ccc(NCCC(C)C)cn2)cc1. The highest BCUT2D eigenvalue weighted by Crippen LogP contribution is 2.18. The van der Waals surface area contributed by atoms with Crippen molar-refractivity contribution < 1.29 is 13.2 Å². The van der Waals surface area contributed by atoms with Crippen LogP contribution in [0.15, 0.2) is 47.5 Å². The molecule has 0 saturated carbocycles. The van der Waals surface area contributed by atoms with E-state index in [9.17, 15) is 13.2 Å². The van der Waals surface area contributed by atoms with Crippen LogP contribution in [0.25, 0.3) is 0 Å². The number of hydrogen-bond acceptors (Lipinski definition) is 5. The number of aromatic nitrogens is 1. The fourth-order valence-corrected chi connectivity index (χ4v) is 3.19. The van der Waals surface area contributed by atoms with E-state index in [1.807, 2.05) is 0 Å². The lowest BCUT2D eigenvalue weighted by atomic mass is 10.1. The summed E-state index contributed by atoms with van der Waals surface area (Å²) in [6, 6.07) is 9.31. The van der Waals surface area contributed by atoms with Crippen molar-refractivity contribution in [3.8, 4) is 0 Å². The zero-order chi connectivity index (χ0) is 19.2. The quantitative estimate of drug-likeness (QED) is 0.656. The lowest BCUT2D eigenvalue weighted by Crippen LogP contribution is -2.14. The molecule has 3 N–H and O–H groups in total. The molecule has 0 saturated heterocycles. The minimum Gasteiger partial charge on any atom is -0.384 e. The first-order valence-corrected chi connectivity index (χ1v) is 9.85. The molecule has 0 spiro atoms. The number of sulfonamides is 1. The maximum absolute atomic E-state index is 12.4. The summed E-state index contributed by atoms with van der Waals surface area (Å²) in [5.74, 6) is 0.633. The maximum atomic E-state index is 12.4. The van der Waals surface area contributed by atoms with E-state index in [1.54, 1.807) is 18.3 Å². The van der Waals surface area contributed by atoms with Gasteiger partial charge in [-0.1, -0.05) is 13.8 Å². The lowest BCUT2D eigenvalue weighted by molar-refractivity contribution is -0.114. The molecule has 26 heavy (non-hydrogen) atoms. The highest BCUT2D eigenvalue weighted by Gasteiger charge is 2.14. The summed E-state index contributed by atoms with van der Waals surface area (Å²) in [5, 5.41) is 5.83. The molecule has 0 radical (unpaired) electrons. The monoisotopic (exact) mass is 376 g/mol. The molecule has 0 aliphatic heterocycles. The van der Waals surface area contributed by atoms with E-state index < -0.39 is 10.0 Å². The Morgan fingerprint density at radius 2 is 1.73 bits per heavy atom. The Labute approximate surface area is 154 Å². The number of nitrogens with one attached hydrogen (secondary N) is 3. The van der Waals surface area contributed by atoms with Gasteiger partial charge in [-0.3, -0.25) is 9.52 Å². The van der Waals surface area contributed by atoms with Gasteiger partial charge in [-0.15, -0.1) is 0 Å². The molecule has 0 fully saturated rings. The summed E-state index contributed by atoms with van der Waals surface area (Å²) in [4.78, 5) is 15.2. The maximum Gasteiger partial charge on any atom is 0.263 e. The van der Waals surface area contributed by atoms with Crippen LogP contribution in [0.5, 0.6) is 0 Å². The van der Waals surface area contributed by atoms with Crippen molar-refractivity contribution in [2.45, 2.75) is 32.1 Å². The second-order valence-electron chi connectivity index (χ2n) is 6.35. The summed E-state index contributed by atoms with van der Waals surface area (Å²) >= 11 is 0. The topological polar surface area (TPSA) is 100 Å². The predicted molar refractivity (Wildman–Crippen MR) is 104 cm³/mol. The third-order valence-electron chi connectivity index (χ3n) is 3.54. The molecule has 1 heterocycles. The van der Waals surface area contributed by atoms with Crippen molar-refractivity contribution in [3.63, 3.8) is 0 Å². The van der Waals surface area contributed by atoms with E-state index in [4.69, 9.17) is 0 Å². The Balaban J connectivity index is 2.01. The number of rotatable bonds is 8. The van der Waals surface area contributed by atoms with E-state index in [1.165, 1.54) is 31.2 Å². The van der Waals surface area contributed by atoms with Gasteiger partial charge in [0.1, 0.15) is 5.82 Å². The fraction of sp³-hybridized carbons (Fsp3) is 0.333. The Bertz CT molecular complexity index is 832. The molecule has 7 nitrogen and oxygen atoms in total. The van der Waals surface area contributed by atoms with E-state index in [0.29, 0.717) is 11.6 Å². The van der Waals surface area contributed by atoms with Gasteiger partial charge in [0.05, 0.1) is 16.8 Å². The highest BCUT2D eigenvalue weighted by atomic mass is 32.2. The number of carbonyl (C=O) groups excluding carboxylic acids is 1. The minimum absolute atomic E-state index is 0.0903. The average Bonchev–Trinajstić information content (AvgIpc) is 2.56. The molecule has 0 unspecified atom stereocenters. The first-order valence-electron chi connectivity index (χ1n) is 8.36. The molecule has 1 aromatic heterocycles. The summed E-state index contributed by atoms with van der Waals surface area (Å²) in [7, 11) is -3.75. The third-order valence-corrected chi connectivity index (χ3v) is 4.91. The summed E-state index contributed by atoms with van der Waals surface area (Å²) in [6.07, 6.45) is 2.64. The van der Waals surface area contributed by atoms with Crippen LogP contribution in [0.2, 0.25) is 0 Å². The van der Waals surface area contributed by atoms with Crippen LogP contribution in [0.1, 0.15) is 27.2 Å². The summed E-state index contributed by atoms with van der Waals surface area (Å²) in [5.41, 5.74) is 1.37. The summed E-state index contributed by atoms with van der Waals surface area (Å²) < 4.78 is 27.3. The van der Waals surface area contributed by atoms with Gasteiger partial charge in [-0.05, 0) is 48.7 Å². The first kappa shape index (κ1) is 19.7. The van der Waals surface area contributed by atoms with E-state index in [0.717, 1.165) is 18.7 Å². The number of hydrogen-bond donors (Lipinski definition) is 3. The fourth-order valence-electron chi connectivity index (χ4n) is 2.18. The van der Waals surface area contributed by atoms with Gasteiger partial charge in [0.15, 0.2) is 0 Å². The van der Waals surface area contributed by atoms with Crippen LogP contribution in [0.3, 0.4) is 0 Å². The van der Waals surface area contributed by atoms with Crippen molar-refractivity contribution in [3.05, 3.63) is 42.6 Å². The smallest absolute Gasteiger partial charge is 0.263 e. The first-order chi connectivity index (χ1) is 12.3. The van der Waals surface area contributed by atoms with Crippen molar-refractivity contribution >= 4 is 33.1 Å². The molecule has 2 aromatic rings. The second kappa shape index (κ2) is 8.66. The van der Waals surface area contributed by atoms with Crippen LogP contribution in [-0.4, -0.2) is 25.9 Å². The highest BCUT2D eigenvalue weighted by molar-refractivity contribution is 7.92. The lowest BCUT2D eigenvalue weighted by Gasteiger charge is -2.10. The van der Waals surface area contributed by atoms with Gasteiger partial charge in [0.2, 0.25) is 5.91 Å². The third kappa shape index (κ3) is 6.03. The van der Waals surface area contributed by atoms with Crippen LogP contribution >= 0.6 is 0 Å². The number of anilines is 3. The Hall–Kier alpha value is -2.61. The second-order valence-corrected chi connectivity index (χ2v) is 8.03. The molecule has 1 aromatic carbocycles. The molecule has 0 bridgehead atoms. The van der Waals surface area contributed by atoms with Gasteiger partial charge in [0, 0.05) is 19.2 Å². The predicted octanol–water partition coefficient (Wildman–Crippen LogP) is 3.30. The van der Waals surface area contributed by atoms with E-state index in [-0.39, 0.29) is 16.6 Å². The summed E-state index contributed by atoms with van der Waals surface area (Å²) in [6.45, 7) is 6.53. The average molecular weight is 376 g/mol. The molecule has 0 atom stereocenters. The zero-order valence-corrected chi connectivity index (χ0v) is 15.9. The van der Waals surface area contributed by atoms with Gasteiger partial charge in [0.25, 0.3) is 10.0 Å². The van der Waals surface area contributed by atoms with E-state index in [2.05, 4.69) is 34.2 Å². The number of amides is 1. The standard InChI is InChI=1S/C18H24N4O3S/c1-13(2)10-11-19-16-6-9-18(20-12-16)22-26(24,25)17-7-4-15(5-8-17)21-14(3)23/h4-9,12-13,19H,10-11H2,1-3H3,(H,20,22)(H,21,23). The van der Waals surface area contributed by atoms with Crippen LogP contribution in [-0.2, 0) is 14.8 Å². The van der Waals surface area contributed by atoms with Crippen molar-refractivity contribution in [1.82, 2.24) is 4.98 Å². The zero-order valence-electron chi connectivity index (χ0n) is 15.1. The number of nitrogens with zero attached hydrogens (tertiary/aromatic N) is 1. The Kier molecular flexibility index (Phi) is 6.57. The van der Waals surface area contributed by atoms with Crippen molar-refractivity contribution in [2.24, 2.45) is 5.92 Å². The van der Waals surface area contributed by atoms with Crippen LogP contribution < -0.4 is 15.4 Å². The number of benzene rings is 1. The van der Waals surface area contributed by atoms with E-state index >= 15 is 0 Å². The van der Waals surface area contributed by atoms with Crippen LogP contribution in [0.4, 0.5) is 17.2 Å². The Morgan fingerprint density at radius 1 is 1.08 bits per heavy atom. The van der Waals surface area contributed by atoms with Crippen LogP contribution in [0, 0.1) is 5.92 Å². The normalized spacial score (nSPS) is 11.2. The van der Waals surface area contributed by atoms with Gasteiger partial charge >= 0.3 is 0 Å². The van der Waals surface area contributed by atoms with Gasteiger partial charge in [-0.25, -0.2) is 13.4 Å². The minimum atomic E-state index is -3.75.